The largest absolute Gasteiger partial charge is 0.493 e. The maximum atomic E-state index is 12.4. The number of nitrogens with zero attached hydrogens (tertiary/aromatic N) is 1. The van der Waals surface area contributed by atoms with Crippen molar-refractivity contribution in [2.45, 2.75) is 25.2 Å². The molecule has 1 fully saturated rings. The molecule has 1 atom stereocenters. The van der Waals surface area contributed by atoms with E-state index in [0.717, 1.165) is 22.9 Å². The fourth-order valence-electron chi connectivity index (χ4n) is 2.92. The molecule has 28 heavy (non-hydrogen) atoms. The molecule has 1 heterocycles. The van der Waals surface area contributed by atoms with Crippen LogP contribution >= 0.6 is 39.3 Å². The predicted molar refractivity (Wildman–Crippen MR) is 114 cm³/mol. The summed E-state index contributed by atoms with van der Waals surface area (Å²) in [7, 11) is 1.56. The summed E-state index contributed by atoms with van der Waals surface area (Å²) in [5.41, 5.74) is 1.75. The molecule has 0 unspecified atom stereocenters. The van der Waals surface area contributed by atoms with E-state index in [1.54, 1.807) is 14.0 Å². The van der Waals surface area contributed by atoms with E-state index in [4.69, 9.17) is 21.1 Å². The van der Waals surface area contributed by atoms with Crippen molar-refractivity contribution >= 4 is 50.4 Å². The number of hydrogen-bond acceptors (Lipinski definition) is 5. The normalized spacial score (nSPS) is 16.6. The van der Waals surface area contributed by atoms with Gasteiger partial charge in [-0.1, -0.05) is 41.6 Å². The van der Waals surface area contributed by atoms with Gasteiger partial charge in [-0.15, -0.1) is 0 Å². The van der Waals surface area contributed by atoms with Gasteiger partial charge >= 0.3 is 0 Å². The van der Waals surface area contributed by atoms with Gasteiger partial charge in [-0.3, -0.25) is 14.5 Å². The van der Waals surface area contributed by atoms with Crippen molar-refractivity contribution in [3.63, 3.8) is 0 Å². The first-order chi connectivity index (χ1) is 13.4. The quantitative estimate of drug-likeness (QED) is 0.532. The molecule has 0 spiro atoms. The Morgan fingerprint density at radius 1 is 1.25 bits per heavy atom. The summed E-state index contributed by atoms with van der Waals surface area (Å²) in [4.78, 5) is 25.5. The topological polar surface area (TPSA) is 55.8 Å². The third-order valence-electron chi connectivity index (χ3n) is 4.36. The van der Waals surface area contributed by atoms with E-state index < -0.39 is 5.25 Å². The molecular weight excluding hydrogens is 466 g/mol. The van der Waals surface area contributed by atoms with Gasteiger partial charge in [0.2, 0.25) is 5.91 Å². The summed E-state index contributed by atoms with van der Waals surface area (Å²) in [6.07, 6.45) is 0.436. The third-order valence-corrected chi connectivity index (χ3v) is 6.39. The van der Waals surface area contributed by atoms with E-state index >= 15 is 0 Å². The second-order valence-electron chi connectivity index (χ2n) is 6.15. The Hall–Kier alpha value is -1.70. The Labute approximate surface area is 181 Å². The number of halogens is 2. The summed E-state index contributed by atoms with van der Waals surface area (Å²) >= 11 is 10.8. The van der Waals surface area contributed by atoms with Gasteiger partial charge in [0.05, 0.1) is 16.8 Å². The van der Waals surface area contributed by atoms with E-state index in [1.807, 2.05) is 36.4 Å². The van der Waals surface area contributed by atoms with Gasteiger partial charge < -0.3 is 9.47 Å². The first kappa shape index (κ1) is 21.0. The minimum Gasteiger partial charge on any atom is -0.493 e. The van der Waals surface area contributed by atoms with Crippen LogP contribution in [0.3, 0.4) is 0 Å². The van der Waals surface area contributed by atoms with Gasteiger partial charge in [0.15, 0.2) is 11.5 Å². The first-order valence-electron chi connectivity index (χ1n) is 8.69. The second kappa shape index (κ2) is 9.20. The highest BCUT2D eigenvalue weighted by atomic mass is 79.9. The van der Waals surface area contributed by atoms with E-state index in [2.05, 4.69) is 15.9 Å². The molecule has 0 N–H and O–H groups in total. The van der Waals surface area contributed by atoms with Gasteiger partial charge in [0.1, 0.15) is 6.61 Å². The van der Waals surface area contributed by atoms with Crippen molar-refractivity contribution < 1.29 is 19.1 Å². The summed E-state index contributed by atoms with van der Waals surface area (Å²) in [6, 6.07) is 11.2. The fourth-order valence-corrected chi connectivity index (χ4v) is 4.81. The number of carbonyl (C=O) groups is 2. The number of ether oxygens (including phenoxy) is 2. The maximum Gasteiger partial charge on any atom is 0.289 e. The summed E-state index contributed by atoms with van der Waals surface area (Å²) in [5.74, 6) is 0.958. The van der Waals surface area contributed by atoms with Crippen LogP contribution in [0, 0.1) is 0 Å². The molecule has 2 aromatic carbocycles. The number of carbonyl (C=O) groups excluding carboxylic acids is 2. The van der Waals surface area contributed by atoms with Crippen LogP contribution in [-0.4, -0.2) is 35.0 Å². The molecule has 8 heteroatoms. The number of amides is 2. The minimum atomic E-state index is -0.418. The van der Waals surface area contributed by atoms with Crippen LogP contribution in [0.5, 0.6) is 11.5 Å². The number of methoxy groups -OCH3 is 1. The Morgan fingerprint density at radius 3 is 2.64 bits per heavy atom. The van der Waals surface area contributed by atoms with Crippen molar-refractivity contribution in [2.24, 2.45) is 0 Å². The molecule has 3 rings (SSSR count). The lowest BCUT2D eigenvalue weighted by atomic mass is 10.1. The van der Waals surface area contributed by atoms with Crippen molar-refractivity contribution in [3.8, 4) is 11.5 Å². The Balaban J connectivity index is 1.77. The molecule has 0 bridgehead atoms. The molecule has 0 aromatic heterocycles. The monoisotopic (exact) mass is 483 g/mol. The van der Waals surface area contributed by atoms with Crippen molar-refractivity contribution in [2.75, 3.05) is 13.7 Å². The minimum absolute atomic E-state index is 0.147. The summed E-state index contributed by atoms with van der Waals surface area (Å²) in [6.45, 7) is 2.48. The van der Waals surface area contributed by atoms with Gasteiger partial charge in [-0.25, -0.2) is 0 Å². The summed E-state index contributed by atoms with van der Waals surface area (Å²) < 4.78 is 12.1. The molecule has 2 amide bonds. The number of thioether (sulfide) groups is 1. The van der Waals surface area contributed by atoms with Crippen LogP contribution in [0.25, 0.3) is 0 Å². The standard InChI is InChI=1S/C20H19BrClNO4S/c1-3-23-19(24)17(28-20(23)25)10-12-8-14(21)18(16(9-12)26-2)27-11-13-6-4-5-7-15(13)22/h4-9,17H,3,10-11H2,1-2H3/t17-/m1/s1. The number of benzene rings is 2. The average molecular weight is 485 g/mol. The van der Waals surface area contributed by atoms with E-state index in [-0.39, 0.29) is 11.1 Å². The van der Waals surface area contributed by atoms with Crippen molar-refractivity contribution in [1.29, 1.82) is 0 Å². The molecule has 1 aliphatic heterocycles. The molecule has 148 valence electrons. The van der Waals surface area contributed by atoms with E-state index in [0.29, 0.717) is 40.6 Å². The Bertz CT molecular complexity index is 908. The van der Waals surface area contributed by atoms with E-state index in [9.17, 15) is 9.59 Å². The number of rotatable bonds is 7. The van der Waals surface area contributed by atoms with Crippen molar-refractivity contribution in [1.82, 2.24) is 4.90 Å². The molecular formula is C20H19BrClNO4S. The lowest BCUT2D eigenvalue weighted by Crippen LogP contribution is -2.31. The van der Waals surface area contributed by atoms with Gasteiger partial charge in [0, 0.05) is 17.1 Å². The Kier molecular flexibility index (Phi) is 6.91. The highest BCUT2D eigenvalue weighted by Gasteiger charge is 2.38. The SMILES string of the molecule is CCN1C(=O)S[C@H](Cc2cc(Br)c(OCc3ccccc3Cl)c(OC)c2)C1=O. The molecule has 1 aliphatic rings. The lowest BCUT2D eigenvalue weighted by Gasteiger charge is -2.16. The average Bonchev–Trinajstić information content (AvgIpc) is 2.94. The molecule has 0 saturated carbocycles. The second-order valence-corrected chi connectivity index (χ2v) is 8.56. The molecule has 1 saturated heterocycles. The predicted octanol–water partition coefficient (Wildman–Crippen LogP) is 5.32. The number of imide groups is 1. The molecule has 5 nitrogen and oxygen atoms in total. The highest BCUT2D eigenvalue weighted by Crippen LogP contribution is 2.39. The van der Waals surface area contributed by atoms with Gasteiger partial charge in [0.25, 0.3) is 5.24 Å². The molecule has 0 radical (unpaired) electrons. The van der Waals surface area contributed by atoms with Crippen LogP contribution in [0.2, 0.25) is 5.02 Å². The van der Waals surface area contributed by atoms with Crippen molar-refractivity contribution in [3.05, 3.63) is 57.0 Å². The van der Waals surface area contributed by atoms with Gasteiger partial charge in [-0.2, -0.15) is 0 Å². The Morgan fingerprint density at radius 2 is 2.00 bits per heavy atom. The highest BCUT2D eigenvalue weighted by molar-refractivity contribution is 9.10. The zero-order valence-electron chi connectivity index (χ0n) is 15.4. The van der Waals surface area contributed by atoms with Crippen LogP contribution in [-0.2, 0) is 17.8 Å². The lowest BCUT2D eigenvalue weighted by molar-refractivity contribution is -0.126. The summed E-state index contributed by atoms with van der Waals surface area (Å²) in [5, 5.41) is 0.0262. The fraction of sp³-hybridized carbons (Fsp3) is 0.300. The van der Waals surface area contributed by atoms with Crippen LogP contribution < -0.4 is 9.47 Å². The zero-order chi connectivity index (χ0) is 20.3. The van der Waals surface area contributed by atoms with Gasteiger partial charge in [-0.05, 0) is 53.0 Å². The van der Waals surface area contributed by atoms with Crippen LogP contribution in [0.1, 0.15) is 18.1 Å². The molecule has 2 aromatic rings. The maximum absolute atomic E-state index is 12.4. The van der Waals surface area contributed by atoms with Crippen LogP contribution in [0.15, 0.2) is 40.9 Å². The van der Waals surface area contributed by atoms with Crippen LogP contribution in [0.4, 0.5) is 4.79 Å². The number of hydrogen-bond donors (Lipinski definition) is 0. The smallest absolute Gasteiger partial charge is 0.289 e. The molecule has 0 aliphatic carbocycles. The zero-order valence-corrected chi connectivity index (χ0v) is 18.6. The van der Waals surface area contributed by atoms with E-state index in [1.165, 1.54) is 4.90 Å². The first-order valence-corrected chi connectivity index (χ1v) is 10.7. The third kappa shape index (κ3) is 4.47.